The molecular formula is C15H34O4. The first-order valence-electron chi connectivity index (χ1n) is 7.55. The predicted octanol–water partition coefficient (Wildman–Crippen LogP) is 2.76. The van der Waals surface area contributed by atoms with Crippen LogP contribution in [0.3, 0.4) is 0 Å². The van der Waals surface area contributed by atoms with Gasteiger partial charge in [-0.2, -0.15) is 0 Å². The molecule has 0 fully saturated rings. The number of aliphatic hydroxyl groups is 2. The number of hydrogen-bond donors (Lipinski definition) is 2. The summed E-state index contributed by atoms with van der Waals surface area (Å²) in [5.74, 6) is 0. The Labute approximate surface area is 119 Å². The van der Waals surface area contributed by atoms with Crippen molar-refractivity contribution in [3.05, 3.63) is 0 Å². The standard InChI is InChI=1S/C8H18O2.C7H16O2/c1-3-8(10-4-2)6-5-7-9;1-3-7(8)5-4-6-9-2/h8-9H,3-7H2,1-2H3;7-8H,3-6H2,1-2H3. The van der Waals surface area contributed by atoms with Crippen molar-refractivity contribution in [1.29, 1.82) is 0 Å². The van der Waals surface area contributed by atoms with Crippen molar-refractivity contribution in [3.8, 4) is 0 Å². The van der Waals surface area contributed by atoms with Gasteiger partial charge < -0.3 is 19.7 Å². The average Bonchev–Trinajstić information content (AvgIpc) is 2.44. The molecule has 0 spiro atoms. The summed E-state index contributed by atoms with van der Waals surface area (Å²) in [5.41, 5.74) is 0. The Morgan fingerprint density at radius 2 is 1.68 bits per heavy atom. The van der Waals surface area contributed by atoms with Gasteiger partial charge >= 0.3 is 0 Å². The third-order valence-corrected chi connectivity index (χ3v) is 2.90. The van der Waals surface area contributed by atoms with E-state index in [1.54, 1.807) is 7.11 Å². The second-order valence-electron chi connectivity index (χ2n) is 4.55. The molecule has 0 aliphatic carbocycles. The monoisotopic (exact) mass is 278 g/mol. The zero-order valence-corrected chi connectivity index (χ0v) is 13.2. The van der Waals surface area contributed by atoms with Gasteiger partial charge in [0, 0.05) is 26.9 Å². The molecule has 2 atom stereocenters. The quantitative estimate of drug-likeness (QED) is 0.571. The Morgan fingerprint density at radius 3 is 2.11 bits per heavy atom. The zero-order valence-electron chi connectivity index (χ0n) is 13.2. The Hall–Kier alpha value is -0.160. The normalized spacial score (nSPS) is 13.6. The molecule has 0 aliphatic rings. The van der Waals surface area contributed by atoms with E-state index in [4.69, 9.17) is 19.7 Å². The van der Waals surface area contributed by atoms with Gasteiger partial charge in [-0.1, -0.05) is 13.8 Å². The van der Waals surface area contributed by atoms with Crippen LogP contribution in [0.1, 0.15) is 59.3 Å². The lowest BCUT2D eigenvalue weighted by Crippen LogP contribution is -2.11. The average molecular weight is 278 g/mol. The summed E-state index contributed by atoms with van der Waals surface area (Å²) in [5, 5.41) is 17.6. The van der Waals surface area contributed by atoms with Gasteiger partial charge in [-0.15, -0.1) is 0 Å². The molecule has 0 rings (SSSR count). The third kappa shape index (κ3) is 17.8. The van der Waals surface area contributed by atoms with Crippen LogP contribution in [-0.2, 0) is 9.47 Å². The lowest BCUT2D eigenvalue weighted by Gasteiger charge is -2.13. The van der Waals surface area contributed by atoms with Crippen LogP contribution in [0.2, 0.25) is 0 Å². The molecule has 4 nitrogen and oxygen atoms in total. The van der Waals surface area contributed by atoms with Crippen LogP contribution in [0, 0.1) is 0 Å². The second kappa shape index (κ2) is 17.8. The maximum atomic E-state index is 9.03. The summed E-state index contributed by atoms with van der Waals surface area (Å²) in [6.45, 7) is 7.92. The summed E-state index contributed by atoms with van der Waals surface area (Å²) in [6, 6.07) is 0. The number of rotatable bonds is 11. The van der Waals surface area contributed by atoms with Crippen molar-refractivity contribution in [3.63, 3.8) is 0 Å². The third-order valence-electron chi connectivity index (χ3n) is 2.90. The van der Waals surface area contributed by atoms with E-state index in [9.17, 15) is 0 Å². The van der Waals surface area contributed by atoms with Gasteiger partial charge in [-0.25, -0.2) is 0 Å². The van der Waals surface area contributed by atoms with Crippen molar-refractivity contribution in [2.24, 2.45) is 0 Å². The molecule has 0 aliphatic heterocycles. The highest BCUT2D eigenvalue weighted by molar-refractivity contribution is 4.54. The fraction of sp³-hybridized carbons (Fsp3) is 1.00. The number of methoxy groups -OCH3 is 1. The SMILES string of the molecule is CCC(O)CCCOC.CCOC(CC)CCCO. The largest absolute Gasteiger partial charge is 0.396 e. The number of hydrogen-bond acceptors (Lipinski definition) is 4. The van der Waals surface area contributed by atoms with Crippen LogP contribution >= 0.6 is 0 Å². The lowest BCUT2D eigenvalue weighted by molar-refractivity contribution is 0.0492. The van der Waals surface area contributed by atoms with Crippen LogP contribution in [-0.4, -0.2) is 49.4 Å². The summed E-state index contributed by atoms with van der Waals surface area (Å²) >= 11 is 0. The van der Waals surface area contributed by atoms with Crippen molar-refractivity contribution < 1.29 is 19.7 Å². The molecule has 4 heteroatoms. The predicted molar refractivity (Wildman–Crippen MR) is 79.4 cm³/mol. The van der Waals surface area contributed by atoms with E-state index in [0.29, 0.717) is 6.10 Å². The molecule has 0 aromatic heterocycles. The Kier molecular flexibility index (Phi) is 19.9. The molecule has 0 saturated carbocycles. The lowest BCUT2D eigenvalue weighted by atomic mass is 10.1. The van der Waals surface area contributed by atoms with Gasteiger partial charge in [-0.3, -0.25) is 0 Å². The van der Waals surface area contributed by atoms with Gasteiger partial charge in [0.1, 0.15) is 0 Å². The van der Waals surface area contributed by atoms with Crippen LogP contribution in [0.25, 0.3) is 0 Å². The summed E-state index contributed by atoms with van der Waals surface area (Å²) in [6.07, 6.45) is 5.81. The molecular weight excluding hydrogens is 244 g/mol. The molecule has 2 unspecified atom stereocenters. The van der Waals surface area contributed by atoms with Crippen LogP contribution in [0.5, 0.6) is 0 Å². The maximum Gasteiger partial charge on any atom is 0.0573 e. The highest BCUT2D eigenvalue weighted by Crippen LogP contribution is 2.05. The van der Waals surface area contributed by atoms with Gasteiger partial charge in [0.15, 0.2) is 0 Å². The molecule has 0 radical (unpaired) electrons. The van der Waals surface area contributed by atoms with Crippen molar-refractivity contribution in [1.82, 2.24) is 0 Å². The second-order valence-corrected chi connectivity index (χ2v) is 4.55. The molecule has 2 N–H and O–H groups in total. The minimum absolute atomic E-state index is 0.125. The highest BCUT2D eigenvalue weighted by Gasteiger charge is 2.03. The molecule has 0 bridgehead atoms. The molecule has 0 aromatic rings. The fourth-order valence-corrected chi connectivity index (χ4v) is 1.63. The van der Waals surface area contributed by atoms with Crippen LogP contribution in [0.4, 0.5) is 0 Å². The Morgan fingerprint density at radius 1 is 1.00 bits per heavy atom. The van der Waals surface area contributed by atoms with Gasteiger partial charge in [0.2, 0.25) is 0 Å². The van der Waals surface area contributed by atoms with Crippen LogP contribution < -0.4 is 0 Å². The van der Waals surface area contributed by atoms with E-state index >= 15 is 0 Å². The smallest absolute Gasteiger partial charge is 0.0573 e. The van der Waals surface area contributed by atoms with Crippen LogP contribution in [0.15, 0.2) is 0 Å². The minimum atomic E-state index is -0.125. The van der Waals surface area contributed by atoms with E-state index < -0.39 is 0 Å². The minimum Gasteiger partial charge on any atom is -0.396 e. The summed E-state index contributed by atoms with van der Waals surface area (Å²) < 4.78 is 10.2. The highest BCUT2D eigenvalue weighted by atomic mass is 16.5. The molecule has 0 amide bonds. The first-order valence-corrected chi connectivity index (χ1v) is 7.55. The summed E-state index contributed by atoms with van der Waals surface area (Å²) in [7, 11) is 1.68. The molecule has 118 valence electrons. The molecule has 0 aromatic carbocycles. The maximum absolute atomic E-state index is 9.03. The molecule has 19 heavy (non-hydrogen) atoms. The topological polar surface area (TPSA) is 58.9 Å². The first-order chi connectivity index (χ1) is 9.15. The van der Waals surface area contributed by atoms with Gasteiger partial charge in [0.25, 0.3) is 0 Å². The van der Waals surface area contributed by atoms with E-state index in [1.165, 1.54) is 0 Å². The van der Waals surface area contributed by atoms with E-state index in [1.807, 2.05) is 13.8 Å². The van der Waals surface area contributed by atoms with Crippen molar-refractivity contribution >= 4 is 0 Å². The van der Waals surface area contributed by atoms with E-state index in [-0.39, 0.29) is 12.7 Å². The first kappa shape index (κ1) is 21.1. The van der Waals surface area contributed by atoms with E-state index in [0.717, 1.165) is 51.7 Å². The number of ether oxygens (including phenoxy) is 2. The fourth-order valence-electron chi connectivity index (χ4n) is 1.63. The Balaban J connectivity index is 0. The summed E-state index contributed by atoms with van der Waals surface area (Å²) in [4.78, 5) is 0. The van der Waals surface area contributed by atoms with E-state index in [2.05, 4.69) is 6.92 Å². The molecule has 0 saturated heterocycles. The number of aliphatic hydroxyl groups excluding tert-OH is 2. The van der Waals surface area contributed by atoms with Crippen molar-refractivity contribution in [2.45, 2.75) is 71.5 Å². The molecule has 0 heterocycles. The Bertz CT molecular complexity index is 153. The zero-order chi connectivity index (χ0) is 14.9. The van der Waals surface area contributed by atoms with Gasteiger partial charge in [0.05, 0.1) is 12.2 Å². The van der Waals surface area contributed by atoms with Crippen molar-refractivity contribution in [2.75, 3.05) is 26.9 Å². The van der Waals surface area contributed by atoms with Gasteiger partial charge in [-0.05, 0) is 45.4 Å².